The molecule has 1 aliphatic rings. The highest BCUT2D eigenvalue weighted by molar-refractivity contribution is 6.03. The molecule has 1 amide bonds. The number of esters is 1. The first-order valence-electron chi connectivity index (χ1n) is 10.1. The maximum Gasteiger partial charge on any atom is 0.339 e. The van der Waals surface area contributed by atoms with Gasteiger partial charge >= 0.3 is 5.97 Å². The van der Waals surface area contributed by atoms with Gasteiger partial charge in [-0.2, -0.15) is 5.10 Å². The number of fused-ring (bicyclic) bond motifs is 2. The molecule has 0 bridgehead atoms. The second-order valence-corrected chi connectivity index (χ2v) is 7.57. The summed E-state index contributed by atoms with van der Waals surface area (Å²) in [6, 6.07) is 6.88. The Kier molecular flexibility index (Phi) is 5.75. The summed E-state index contributed by atoms with van der Waals surface area (Å²) < 4.78 is 18.2. The van der Waals surface area contributed by atoms with Crippen LogP contribution in [0.5, 0.6) is 11.5 Å². The molecule has 1 aliphatic heterocycles. The molecular formula is C22H24N4O5. The van der Waals surface area contributed by atoms with Crippen molar-refractivity contribution in [3.05, 3.63) is 41.7 Å². The number of ether oxygens (including phenoxy) is 3. The van der Waals surface area contributed by atoms with Gasteiger partial charge in [0.2, 0.25) is 0 Å². The topological polar surface area (TPSA) is 105 Å². The van der Waals surface area contributed by atoms with Crippen LogP contribution < -0.4 is 14.8 Å². The zero-order valence-corrected chi connectivity index (χ0v) is 17.7. The van der Waals surface area contributed by atoms with E-state index in [0.717, 1.165) is 6.42 Å². The minimum atomic E-state index is -0.604. The fraction of sp³-hybridized carbons (Fsp3) is 0.364. The Bertz CT molecular complexity index is 1140. The number of carbonyl (C=O) groups excluding carboxylic acids is 2. The van der Waals surface area contributed by atoms with Crippen LogP contribution in [0.25, 0.3) is 11.0 Å². The summed E-state index contributed by atoms with van der Waals surface area (Å²) in [5.41, 5.74) is 2.14. The number of aromatic nitrogens is 3. The third kappa shape index (κ3) is 4.45. The van der Waals surface area contributed by atoms with E-state index in [0.29, 0.717) is 52.7 Å². The number of hydrogen-bond acceptors (Lipinski definition) is 7. The normalized spacial score (nSPS) is 13.2. The Morgan fingerprint density at radius 1 is 1.19 bits per heavy atom. The van der Waals surface area contributed by atoms with Crippen molar-refractivity contribution >= 4 is 28.6 Å². The summed E-state index contributed by atoms with van der Waals surface area (Å²) >= 11 is 0. The number of anilines is 1. The molecule has 4 rings (SSSR count). The molecule has 9 heteroatoms. The largest absolute Gasteiger partial charge is 0.490 e. The van der Waals surface area contributed by atoms with Gasteiger partial charge in [-0.15, -0.1) is 0 Å². The number of amides is 1. The summed E-state index contributed by atoms with van der Waals surface area (Å²) in [5, 5.41) is 7.61. The average molecular weight is 424 g/mol. The molecule has 162 valence electrons. The lowest BCUT2D eigenvalue weighted by molar-refractivity contribution is -0.119. The van der Waals surface area contributed by atoms with Crippen LogP contribution in [0.2, 0.25) is 0 Å². The monoisotopic (exact) mass is 424 g/mol. The highest BCUT2D eigenvalue weighted by Crippen LogP contribution is 2.32. The number of nitrogens with zero attached hydrogens (tertiary/aromatic N) is 3. The molecule has 1 aromatic carbocycles. The number of nitrogens with one attached hydrogen (secondary N) is 1. The summed E-state index contributed by atoms with van der Waals surface area (Å²) in [7, 11) is 0. The number of benzene rings is 1. The van der Waals surface area contributed by atoms with E-state index in [9.17, 15) is 9.59 Å². The smallest absolute Gasteiger partial charge is 0.339 e. The molecule has 0 aliphatic carbocycles. The molecule has 0 atom stereocenters. The molecule has 0 unspecified atom stereocenters. The molecule has 9 nitrogen and oxygen atoms in total. The van der Waals surface area contributed by atoms with Gasteiger partial charge in [-0.25, -0.2) is 14.5 Å². The van der Waals surface area contributed by atoms with Crippen molar-refractivity contribution in [3.8, 4) is 11.5 Å². The fourth-order valence-corrected chi connectivity index (χ4v) is 3.34. The second-order valence-electron chi connectivity index (χ2n) is 7.57. The van der Waals surface area contributed by atoms with Crippen LogP contribution in [0.1, 0.15) is 42.4 Å². The van der Waals surface area contributed by atoms with Gasteiger partial charge in [0.1, 0.15) is 0 Å². The Labute approximate surface area is 179 Å². The summed E-state index contributed by atoms with van der Waals surface area (Å²) in [5.74, 6) is 0.153. The van der Waals surface area contributed by atoms with Crippen LogP contribution in [0.3, 0.4) is 0 Å². The van der Waals surface area contributed by atoms with Crippen molar-refractivity contribution in [3.63, 3.8) is 0 Å². The number of carbonyl (C=O) groups is 2. The SMILES string of the molecule is Cc1cc(C(=O)OCC(=O)Nc2ccc3c(c2)OCCCO3)c2cnn(C(C)C)c2n1. The predicted molar refractivity (Wildman–Crippen MR) is 114 cm³/mol. The summed E-state index contributed by atoms with van der Waals surface area (Å²) in [6.07, 6.45) is 2.39. The predicted octanol–water partition coefficient (Wildman–Crippen LogP) is 3.28. The van der Waals surface area contributed by atoms with E-state index in [1.165, 1.54) is 0 Å². The van der Waals surface area contributed by atoms with Crippen LogP contribution in [0, 0.1) is 6.92 Å². The molecule has 1 N–H and O–H groups in total. The van der Waals surface area contributed by atoms with Crippen molar-refractivity contribution in [1.82, 2.24) is 14.8 Å². The van der Waals surface area contributed by atoms with Gasteiger partial charge < -0.3 is 19.5 Å². The van der Waals surface area contributed by atoms with Gasteiger partial charge in [0.05, 0.1) is 30.4 Å². The Balaban J connectivity index is 1.43. The molecule has 31 heavy (non-hydrogen) atoms. The van der Waals surface area contributed by atoms with Gasteiger partial charge in [-0.3, -0.25) is 4.79 Å². The van der Waals surface area contributed by atoms with E-state index in [2.05, 4.69) is 15.4 Å². The molecule has 0 radical (unpaired) electrons. The van der Waals surface area contributed by atoms with E-state index in [-0.39, 0.29) is 6.04 Å². The number of aryl methyl sites for hydroxylation is 1. The lowest BCUT2D eigenvalue weighted by Crippen LogP contribution is -2.21. The second kappa shape index (κ2) is 8.63. The third-order valence-electron chi connectivity index (χ3n) is 4.77. The van der Waals surface area contributed by atoms with Crippen LogP contribution in [-0.2, 0) is 9.53 Å². The molecule has 0 spiro atoms. The molecule has 0 fully saturated rings. The van der Waals surface area contributed by atoms with Crippen molar-refractivity contribution in [2.75, 3.05) is 25.1 Å². The molecule has 3 heterocycles. The van der Waals surface area contributed by atoms with Crippen molar-refractivity contribution in [2.24, 2.45) is 0 Å². The van der Waals surface area contributed by atoms with Gasteiger partial charge in [-0.05, 0) is 39.0 Å². The number of pyridine rings is 1. The molecule has 2 aromatic heterocycles. The van der Waals surface area contributed by atoms with E-state index < -0.39 is 18.5 Å². The number of rotatable bonds is 5. The standard InChI is InChI=1S/C22H24N4O5/c1-13(2)26-21-17(11-23-26)16(9-14(3)24-21)22(28)31-12-20(27)25-15-5-6-18-19(10-15)30-8-4-7-29-18/h5-6,9-11,13H,4,7-8,12H2,1-3H3,(H,25,27). The van der Waals surface area contributed by atoms with E-state index in [1.807, 2.05) is 13.8 Å². The van der Waals surface area contributed by atoms with Gasteiger partial charge in [0, 0.05) is 29.9 Å². The third-order valence-corrected chi connectivity index (χ3v) is 4.77. The van der Waals surface area contributed by atoms with E-state index in [1.54, 1.807) is 42.1 Å². The van der Waals surface area contributed by atoms with Gasteiger partial charge in [0.25, 0.3) is 5.91 Å². The lowest BCUT2D eigenvalue weighted by atomic mass is 10.1. The van der Waals surface area contributed by atoms with Crippen LogP contribution in [0.4, 0.5) is 5.69 Å². The molecular weight excluding hydrogens is 400 g/mol. The first kappa shape index (κ1) is 20.6. The minimum Gasteiger partial charge on any atom is -0.490 e. The average Bonchev–Trinajstić information content (AvgIpc) is 3.02. The summed E-state index contributed by atoms with van der Waals surface area (Å²) in [4.78, 5) is 29.5. The highest BCUT2D eigenvalue weighted by atomic mass is 16.5. The van der Waals surface area contributed by atoms with Crippen molar-refractivity contribution in [1.29, 1.82) is 0 Å². The Morgan fingerprint density at radius 2 is 1.97 bits per heavy atom. The quantitative estimate of drug-likeness (QED) is 0.627. The zero-order valence-electron chi connectivity index (χ0n) is 17.7. The summed E-state index contributed by atoms with van der Waals surface area (Å²) in [6.45, 7) is 6.48. The maximum atomic E-state index is 12.7. The van der Waals surface area contributed by atoms with Crippen LogP contribution >= 0.6 is 0 Å². The van der Waals surface area contributed by atoms with Gasteiger partial charge in [0.15, 0.2) is 23.8 Å². The number of hydrogen-bond donors (Lipinski definition) is 1. The Morgan fingerprint density at radius 3 is 2.74 bits per heavy atom. The van der Waals surface area contributed by atoms with Gasteiger partial charge in [-0.1, -0.05) is 0 Å². The van der Waals surface area contributed by atoms with E-state index in [4.69, 9.17) is 14.2 Å². The highest BCUT2D eigenvalue weighted by Gasteiger charge is 2.19. The van der Waals surface area contributed by atoms with Crippen molar-refractivity contribution in [2.45, 2.75) is 33.2 Å². The van der Waals surface area contributed by atoms with E-state index >= 15 is 0 Å². The first-order chi connectivity index (χ1) is 14.9. The molecule has 0 saturated heterocycles. The lowest BCUT2D eigenvalue weighted by Gasteiger charge is -2.11. The zero-order chi connectivity index (χ0) is 22.0. The van der Waals surface area contributed by atoms with Crippen LogP contribution in [0.15, 0.2) is 30.5 Å². The maximum absolute atomic E-state index is 12.7. The fourth-order valence-electron chi connectivity index (χ4n) is 3.34. The molecule has 3 aromatic rings. The minimum absolute atomic E-state index is 0.0942. The molecule has 0 saturated carbocycles. The first-order valence-corrected chi connectivity index (χ1v) is 10.1. The van der Waals surface area contributed by atoms with Crippen molar-refractivity contribution < 1.29 is 23.8 Å². The van der Waals surface area contributed by atoms with Crippen LogP contribution in [-0.4, -0.2) is 46.5 Å². The Hall–Kier alpha value is -3.62.